The van der Waals surface area contributed by atoms with Gasteiger partial charge in [-0.15, -0.1) is 11.3 Å². The molecule has 5 nitrogen and oxygen atoms in total. The summed E-state index contributed by atoms with van der Waals surface area (Å²) < 4.78 is 26.5. The van der Waals surface area contributed by atoms with Gasteiger partial charge in [0.25, 0.3) is 5.91 Å². The highest BCUT2D eigenvalue weighted by Crippen LogP contribution is 2.42. The van der Waals surface area contributed by atoms with Gasteiger partial charge < -0.3 is 0 Å². The van der Waals surface area contributed by atoms with Crippen molar-refractivity contribution < 1.29 is 13.2 Å². The van der Waals surface area contributed by atoms with Gasteiger partial charge >= 0.3 is 0 Å². The van der Waals surface area contributed by atoms with Crippen LogP contribution in [-0.2, 0) is 10.0 Å². The van der Waals surface area contributed by atoms with Crippen LogP contribution in [0.15, 0.2) is 18.2 Å². The Morgan fingerprint density at radius 2 is 2.15 bits per heavy atom. The molecule has 106 valence electrons. The van der Waals surface area contributed by atoms with Gasteiger partial charge in [0, 0.05) is 5.56 Å². The second-order valence-electron chi connectivity index (χ2n) is 5.03. The molecule has 1 aromatic heterocycles. The van der Waals surface area contributed by atoms with Crippen molar-refractivity contribution in [2.24, 2.45) is 0 Å². The van der Waals surface area contributed by atoms with Crippen LogP contribution in [0.3, 0.4) is 0 Å². The van der Waals surface area contributed by atoms with Crippen molar-refractivity contribution in [2.75, 3.05) is 0 Å². The number of hydrogen-bond acceptors (Lipinski definition) is 5. The van der Waals surface area contributed by atoms with Gasteiger partial charge in [0.05, 0.1) is 15.0 Å². The average Bonchev–Trinajstić information content (AvgIpc) is 3.01. The van der Waals surface area contributed by atoms with E-state index in [1.165, 1.54) is 11.3 Å². The normalized spacial score (nSPS) is 17.1. The summed E-state index contributed by atoms with van der Waals surface area (Å²) in [7, 11) is -3.62. The molecule has 0 atom stereocenters. The summed E-state index contributed by atoms with van der Waals surface area (Å²) in [5, 5.41) is 0. The standard InChI is InChI=1S/C12H11ClN2O3S2/c1-12(4-5-12)20(17,18)15-10(16)7-2-3-8-9(6-7)19-11(13)14-8/h2-3,6H,4-5H2,1H3,(H,15,16). The third-order valence-corrected chi connectivity index (χ3v) is 6.74. The van der Waals surface area contributed by atoms with Crippen molar-refractivity contribution in [1.82, 2.24) is 9.71 Å². The van der Waals surface area contributed by atoms with Gasteiger partial charge in [0.1, 0.15) is 0 Å². The lowest BCUT2D eigenvalue weighted by Crippen LogP contribution is -2.38. The number of amides is 1. The number of benzene rings is 1. The van der Waals surface area contributed by atoms with E-state index >= 15 is 0 Å². The molecule has 2 aromatic rings. The number of rotatable bonds is 3. The minimum Gasteiger partial charge on any atom is -0.268 e. The molecule has 0 saturated heterocycles. The van der Waals surface area contributed by atoms with Crippen LogP contribution in [0.1, 0.15) is 30.1 Å². The zero-order chi connectivity index (χ0) is 14.5. The van der Waals surface area contributed by atoms with E-state index in [4.69, 9.17) is 11.6 Å². The molecule has 0 aliphatic heterocycles. The summed E-state index contributed by atoms with van der Waals surface area (Å²) >= 11 is 7.05. The van der Waals surface area contributed by atoms with Gasteiger partial charge in [-0.05, 0) is 38.0 Å². The molecule has 1 fully saturated rings. The zero-order valence-electron chi connectivity index (χ0n) is 10.5. The lowest BCUT2D eigenvalue weighted by molar-refractivity contribution is 0.0981. The second kappa shape index (κ2) is 4.41. The lowest BCUT2D eigenvalue weighted by atomic mass is 10.2. The number of fused-ring (bicyclic) bond motifs is 1. The Hall–Kier alpha value is -1.18. The van der Waals surface area contributed by atoms with Crippen LogP contribution in [0.4, 0.5) is 0 Å². The summed E-state index contributed by atoms with van der Waals surface area (Å²) in [5.41, 5.74) is 0.971. The predicted octanol–water partition coefficient (Wildman–Crippen LogP) is 2.56. The van der Waals surface area contributed by atoms with Crippen LogP contribution in [0.5, 0.6) is 0 Å². The fourth-order valence-electron chi connectivity index (χ4n) is 1.79. The molecule has 0 spiro atoms. The molecule has 1 aliphatic carbocycles. The Labute approximate surface area is 125 Å². The minimum absolute atomic E-state index is 0.283. The highest BCUT2D eigenvalue weighted by atomic mass is 35.5. The van der Waals surface area contributed by atoms with E-state index in [9.17, 15) is 13.2 Å². The molecule has 0 radical (unpaired) electrons. The van der Waals surface area contributed by atoms with Gasteiger partial charge in [-0.25, -0.2) is 18.1 Å². The maximum absolute atomic E-state index is 12.0. The number of hydrogen-bond donors (Lipinski definition) is 1. The van der Waals surface area contributed by atoms with E-state index in [0.29, 0.717) is 22.8 Å². The molecule has 0 unspecified atom stereocenters. The average molecular weight is 331 g/mol. The molecule has 1 N–H and O–H groups in total. The third kappa shape index (κ3) is 2.30. The largest absolute Gasteiger partial charge is 0.268 e. The molecule has 1 aliphatic rings. The number of sulfonamides is 1. The quantitative estimate of drug-likeness (QED) is 0.938. The highest BCUT2D eigenvalue weighted by molar-refractivity contribution is 7.91. The third-order valence-electron chi connectivity index (χ3n) is 3.45. The molecule has 1 heterocycles. The number of nitrogens with one attached hydrogen (secondary N) is 1. The maximum atomic E-state index is 12.0. The first-order valence-corrected chi connectivity index (χ1v) is 8.61. The van der Waals surface area contributed by atoms with Gasteiger partial charge in [0.15, 0.2) is 4.47 Å². The summed E-state index contributed by atoms with van der Waals surface area (Å²) in [6, 6.07) is 4.79. The summed E-state index contributed by atoms with van der Waals surface area (Å²) in [6.07, 6.45) is 1.16. The summed E-state index contributed by atoms with van der Waals surface area (Å²) in [5.74, 6) is -0.621. The monoisotopic (exact) mass is 330 g/mol. The molecule has 1 aromatic carbocycles. The van der Waals surface area contributed by atoms with Gasteiger partial charge in [-0.3, -0.25) is 4.79 Å². The van der Waals surface area contributed by atoms with Crippen molar-refractivity contribution in [2.45, 2.75) is 24.5 Å². The van der Waals surface area contributed by atoms with Crippen LogP contribution < -0.4 is 4.72 Å². The van der Waals surface area contributed by atoms with E-state index in [1.807, 2.05) is 0 Å². The number of carbonyl (C=O) groups is 1. The van der Waals surface area contributed by atoms with E-state index in [-0.39, 0.29) is 5.56 Å². The fraction of sp³-hybridized carbons (Fsp3) is 0.333. The number of carbonyl (C=O) groups excluding carboxylic acids is 1. The number of nitrogens with zero attached hydrogens (tertiary/aromatic N) is 1. The second-order valence-corrected chi connectivity index (χ2v) is 8.84. The number of aromatic nitrogens is 1. The lowest BCUT2D eigenvalue weighted by Gasteiger charge is -2.11. The Morgan fingerprint density at radius 3 is 2.80 bits per heavy atom. The smallest absolute Gasteiger partial charge is 0.264 e. The Balaban J connectivity index is 1.89. The topological polar surface area (TPSA) is 76.1 Å². The summed E-state index contributed by atoms with van der Waals surface area (Å²) in [4.78, 5) is 16.1. The van der Waals surface area contributed by atoms with Gasteiger partial charge in [0.2, 0.25) is 10.0 Å². The Bertz CT molecular complexity index is 809. The van der Waals surface area contributed by atoms with Gasteiger partial charge in [-0.2, -0.15) is 0 Å². The van der Waals surface area contributed by atoms with Crippen LogP contribution in [-0.4, -0.2) is 24.1 Å². The molecule has 8 heteroatoms. The van der Waals surface area contributed by atoms with E-state index in [1.54, 1.807) is 25.1 Å². The van der Waals surface area contributed by atoms with Crippen LogP contribution in [0.2, 0.25) is 4.47 Å². The fourth-order valence-corrected chi connectivity index (χ4v) is 4.10. The minimum atomic E-state index is -3.62. The first kappa shape index (κ1) is 13.8. The molecule has 1 saturated carbocycles. The van der Waals surface area contributed by atoms with Crippen LogP contribution in [0.25, 0.3) is 10.2 Å². The molecular weight excluding hydrogens is 320 g/mol. The number of thiazole rings is 1. The molecule has 20 heavy (non-hydrogen) atoms. The zero-order valence-corrected chi connectivity index (χ0v) is 12.9. The molecule has 3 rings (SSSR count). The van der Waals surface area contributed by atoms with E-state index < -0.39 is 20.7 Å². The highest BCUT2D eigenvalue weighted by Gasteiger charge is 2.50. The SMILES string of the molecule is CC1(S(=O)(=O)NC(=O)c2ccc3nc(Cl)sc3c2)CC1. The predicted molar refractivity (Wildman–Crippen MR) is 78.7 cm³/mol. The van der Waals surface area contributed by atoms with Crippen LogP contribution in [0, 0.1) is 0 Å². The van der Waals surface area contributed by atoms with Crippen molar-refractivity contribution in [3.8, 4) is 0 Å². The first-order chi connectivity index (χ1) is 9.31. The maximum Gasteiger partial charge on any atom is 0.264 e. The van der Waals surface area contributed by atoms with Crippen molar-refractivity contribution in [3.05, 3.63) is 28.2 Å². The van der Waals surface area contributed by atoms with E-state index in [0.717, 1.165) is 4.70 Å². The van der Waals surface area contributed by atoms with Crippen molar-refractivity contribution >= 4 is 49.1 Å². The molecule has 0 bridgehead atoms. The van der Waals surface area contributed by atoms with E-state index in [2.05, 4.69) is 9.71 Å². The molecular formula is C12H11ClN2O3S2. The Morgan fingerprint density at radius 1 is 1.45 bits per heavy atom. The summed E-state index contributed by atoms with van der Waals surface area (Å²) in [6.45, 7) is 1.63. The number of halogens is 1. The first-order valence-electron chi connectivity index (χ1n) is 5.94. The van der Waals surface area contributed by atoms with Gasteiger partial charge in [-0.1, -0.05) is 11.6 Å². The van der Waals surface area contributed by atoms with Crippen LogP contribution >= 0.6 is 22.9 Å². The Kier molecular flexibility index (Phi) is 3.04. The van der Waals surface area contributed by atoms with Crippen molar-refractivity contribution in [1.29, 1.82) is 0 Å². The molecule has 1 amide bonds. The van der Waals surface area contributed by atoms with Crippen molar-refractivity contribution in [3.63, 3.8) is 0 Å².